The van der Waals surface area contributed by atoms with E-state index in [1.54, 1.807) is 13.1 Å². The zero-order chi connectivity index (χ0) is 20.4. The Bertz CT molecular complexity index is 1080. The monoisotopic (exact) mass is 401 g/mol. The van der Waals surface area contributed by atoms with Crippen molar-refractivity contribution < 1.29 is 13.5 Å². The normalized spacial score (nSPS) is 15.2. The molecule has 1 aliphatic carbocycles. The Morgan fingerprint density at radius 1 is 1.17 bits per heavy atom. The summed E-state index contributed by atoms with van der Waals surface area (Å²) in [6.45, 7) is -1.33. The lowest BCUT2D eigenvalue weighted by Gasteiger charge is -2.22. The molecule has 0 aromatic carbocycles. The Kier molecular flexibility index (Phi) is 5.46. The molecule has 0 atom stereocenters. The van der Waals surface area contributed by atoms with Crippen LogP contribution in [-0.4, -0.2) is 31.1 Å². The van der Waals surface area contributed by atoms with E-state index in [1.165, 1.54) is 23.4 Å². The van der Waals surface area contributed by atoms with E-state index in [2.05, 4.69) is 24.7 Å². The molecule has 1 aliphatic rings. The Balaban J connectivity index is 1.85. The summed E-state index contributed by atoms with van der Waals surface area (Å²) in [6.07, 6.45) is 9.53. The first-order chi connectivity index (χ1) is 14.0. The second-order valence-electron chi connectivity index (χ2n) is 7.23. The molecule has 29 heavy (non-hydrogen) atoms. The summed E-state index contributed by atoms with van der Waals surface area (Å²) < 4.78 is 31.4. The second-order valence-corrected chi connectivity index (χ2v) is 7.23. The molecule has 0 saturated heterocycles. The quantitative estimate of drug-likeness (QED) is 0.650. The largest absolute Gasteiger partial charge is 0.415 e. The lowest BCUT2D eigenvalue weighted by Crippen LogP contribution is -2.28. The molecule has 7 nitrogen and oxygen atoms in total. The van der Waals surface area contributed by atoms with Gasteiger partial charge >= 0.3 is 6.61 Å². The highest BCUT2D eigenvalue weighted by Gasteiger charge is 2.23. The Morgan fingerprint density at radius 2 is 1.93 bits per heavy atom. The zero-order valence-corrected chi connectivity index (χ0v) is 16.0. The van der Waals surface area contributed by atoms with Gasteiger partial charge in [0, 0.05) is 24.2 Å². The first-order valence-corrected chi connectivity index (χ1v) is 9.64. The van der Waals surface area contributed by atoms with Crippen LogP contribution < -0.4 is 10.3 Å². The number of halogens is 2. The van der Waals surface area contributed by atoms with Crippen LogP contribution in [0.5, 0.6) is 5.88 Å². The molecule has 0 radical (unpaired) electrons. The summed E-state index contributed by atoms with van der Waals surface area (Å²) in [5.74, 6) is -0.139. The molecule has 1 saturated carbocycles. The molecule has 1 fully saturated rings. The average Bonchev–Trinajstić information content (AvgIpc) is 2.71. The third-order valence-electron chi connectivity index (χ3n) is 5.23. The van der Waals surface area contributed by atoms with Gasteiger partial charge in [0.05, 0.1) is 12.2 Å². The van der Waals surface area contributed by atoms with Crippen molar-refractivity contribution in [2.45, 2.75) is 58.1 Å². The van der Waals surface area contributed by atoms with Gasteiger partial charge in [-0.3, -0.25) is 19.3 Å². The van der Waals surface area contributed by atoms with Gasteiger partial charge in [-0.1, -0.05) is 19.3 Å². The minimum absolute atomic E-state index is 0.0794. The Labute approximate surface area is 165 Å². The van der Waals surface area contributed by atoms with Crippen molar-refractivity contribution in [3.63, 3.8) is 0 Å². The predicted octanol–water partition coefficient (Wildman–Crippen LogP) is 3.59. The van der Waals surface area contributed by atoms with Crippen molar-refractivity contribution in [1.29, 1.82) is 0 Å². The first kappa shape index (κ1) is 19.4. The lowest BCUT2D eigenvalue weighted by molar-refractivity contribution is -0.0538. The van der Waals surface area contributed by atoms with Crippen LogP contribution in [0.4, 0.5) is 8.78 Å². The summed E-state index contributed by atoms with van der Waals surface area (Å²) in [5, 5.41) is 0. The first-order valence-electron chi connectivity index (χ1n) is 9.64. The van der Waals surface area contributed by atoms with Crippen LogP contribution in [0, 0.1) is 6.92 Å². The van der Waals surface area contributed by atoms with Gasteiger partial charge in [0.1, 0.15) is 11.2 Å². The van der Waals surface area contributed by atoms with Gasteiger partial charge in [-0.2, -0.15) is 8.78 Å². The Hall–Kier alpha value is -2.97. The number of hydrogen-bond acceptors (Lipinski definition) is 6. The highest BCUT2D eigenvalue weighted by atomic mass is 19.3. The summed E-state index contributed by atoms with van der Waals surface area (Å²) in [5.41, 5.74) is 2.27. The van der Waals surface area contributed by atoms with Gasteiger partial charge in [0.25, 0.3) is 5.56 Å². The van der Waals surface area contributed by atoms with Crippen molar-refractivity contribution in [3.05, 3.63) is 52.0 Å². The molecule has 0 amide bonds. The van der Waals surface area contributed by atoms with Gasteiger partial charge < -0.3 is 4.74 Å². The van der Waals surface area contributed by atoms with Gasteiger partial charge in [-0.05, 0) is 31.7 Å². The predicted molar refractivity (Wildman–Crippen MR) is 102 cm³/mol. The van der Waals surface area contributed by atoms with Crippen molar-refractivity contribution in [2.75, 3.05) is 0 Å². The molecule has 0 unspecified atom stereocenters. The number of pyridine rings is 1. The minimum Gasteiger partial charge on any atom is -0.415 e. The maximum atomic E-state index is 13.4. The number of alkyl halides is 2. The molecule has 9 heteroatoms. The molecular formula is C20H21F2N5O2. The van der Waals surface area contributed by atoms with Crippen molar-refractivity contribution in [3.8, 4) is 5.88 Å². The smallest absolute Gasteiger partial charge is 0.388 e. The molecule has 152 valence electrons. The third-order valence-corrected chi connectivity index (χ3v) is 5.23. The van der Waals surface area contributed by atoms with E-state index < -0.39 is 6.61 Å². The van der Waals surface area contributed by atoms with E-state index in [-0.39, 0.29) is 29.6 Å². The van der Waals surface area contributed by atoms with Crippen LogP contribution in [0.3, 0.4) is 0 Å². The maximum Gasteiger partial charge on any atom is 0.388 e. The van der Waals surface area contributed by atoms with Crippen LogP contribution in [0.1, 0.15) is 55.0 Å². The van der Waals surface area contributed by atoms with E-state index in [1.807, 2.05) is 6.07 Å². The zero-order valence-electron chi connectivity index (χ0n) is 16.0. The second kappa shape index (κ2) is 8.18. The van der Waals surface area contributed by atoms with E-state index in [0.29, 0.717) is 22.4 Å². The average molecular weight is 401 g/mol. The molecule has 3 heterocycles. The summed E-state index contributed by atoms with van der Waals surface area (Å²) >= 11 is 0. The molecule has 0 bridgehead atoms. The molecule has 3 aromatic rings. The molecule has 3 aromatic heterocycles. The number of nitrogens with zero attached hydrogens (tertiary/aromatic N) is 5. The number of aryl methyl sites for hydroxylation is 1. The number of fused-ring (bicyclic) bond motifs is 1. The highest BCUT2D eigenvalue weighted by molar-refractivity contribution is 5.71. The van der Waals surface area contributed by atoms with Crippen molar-refractivity contribution in [1.82, 2.24) is 24.5 Å². The van der Waals surface area contributed by atoms with Gasteiger partial charge in [-0.15, -0.1) is 0 Å². The van der Waals surface area contributed by atoms with E-state index in [9.17, 15) is 13.6 Å². The van der Waals surface area contributed by atoms with Crippen LogP contribution in [0.25, 0.3) is 11.2 Å². The van der Waals surface area contributed by atoms with Crippen molar-refractivity contribution >= 4 is 11.2 Å². The van der Waals surface area contributed by atoms with Crippen LogP contribution in [-0.2, 0) is 6.54 Å². The van der Waals surface area contributed by atoms with E-state index >= 15 is 0 Å². The highest BCUT2D eigenvalue weighted by Crippen LogP contribution is 2.32. The van der Waals surface area contributed by atoms with Gasteiger partial charge in [0.15, 0.2) is 5.65 Å². The SMILES string of the molecule is Cc1cnc2cc(C3CCCCC3)c(=O)n(Cc3nccnc3OC(F)F)c2n1. The molecule has 0 aliphatic heterocycles. The molecule has 0 N–H and O–H groups in total. The fourth-order valence-electron chi connectivity index (χ4n) is 3.88. The summed E-state index contributed by atoms with van der Waals surface area (Å²) in [7, 11) is 0. The summed E-state index contributed by atoms with van der Waals surface area (Å²) in [4.78, 5) is 30.3. The molecule has 0 spiro atoms. The number of aromatic nitrogens is 5. The van der Waals surface area contributed by atoms with Gasteiger partial charge in [-0.25, -0.2) is 9.97 Å². The Morgan fingerprint density at radius 3 is 2.69 bits per heavy atom. The molecule has 4 rings (SSSR count). The van der Waals surface area contributed by atoms with Crippen LogP contribution in [0.2, 0.25) is 0 Å². The fraction of sp³-hybridized carbons (Fsp3) is 0.450. The lowest BCUT2D eigenvalue weighted by atomic mass is 9.84. The summed E-state index contributed by atoms with van der Waals surface area (Å²) in [6, 6.07) is 1.82. The van der Waals surface area contributed by atoms with Crippen LogP contribution >= 0.6 is 0 Å². The number of hydrogen-bond donors (Lipinski definition) is 0. The number of rotatable bonds is 5. The minimum atomic E-state index is -3.03. The third kappa shape index (κ3) is 4.08. The van der Waals surface area contributed by atoms with Gasteiger partial charge in [0.2, 0.25) is 5.88 Å². The standard InChI is InChI=1S/C20H21F2N5O2/c1-12-10-25-15-9-14(13-5-3-2-4-6-13)19(28)27(17(15)26-12)11-16-18(29-20(21)22)24-8-7-23-16/h7-10,13,20H,2-6,11H2,1H3. The topological polar surface area (TPSA) is 82.8 Å². The van der Waals surface area contributed by atoms with E-state index in [0.717, 1.165) is 25.7 Å². The van der Waals surface area contributed by atoms with E-state index in [4.69, 9.17) is 0 Å². The molecular weight excluding hydrogens is 380 g/mol. The van der Waals surface area contributed by atoms with Crippen molar-refractivity contribution in [2.24, 2.45) is 0 Å². The maximum absolute atomic E-state index is 13.4. The number of ether oxygens (including phenoxy) is 1. The van der Waals surface area contributed by atoms with Crippen LogP contribution in [0.15, 0.2) is 29.5 Å². The fourth-order valence-corrected chi connectivity index (χ4v) is 3.88.